The molecule has 7 nitrogen and oxygen atoms in total. The van der Waals surface area contributed by atoms with E-state index in [0.29, 0.717) is 29.7 Å². The molecule has 0 saturated carbocycles. The maximum Gasteiger partial charge on any atom is 0.410 e. The second kappa shape index (κ2) is 9.43. The van der Waals surface area contributed by atoms with Crippen molar-refractivity contribution in [3.8, 4) is 0 Å². The van der Waals surface area contributed by atoms with E-state index in [1.165, 1.54) is 4.88 Å². The Morgan fingerprint density at radius 2 is 2.09 bits per heavy atom. The van der Waals surface area contributed by atoms with E-state index in [1.54, 1.807) is 16.2 Å². The van der Waals surface area contributed by atoms with Crippen molar-refractivity contribution in [2.75, 3.05) is 32.0 Å². The molecule has 0 radical (unpaired) electrons. The number of hydrogen-bond donors (Lipinski definition) is 1. The predicted molar refractivity (Wildman–Crippen MR) is 133 cm³/mol. The first-order valence-electron chi connectivity index (χ1n) is 11.7. The van der Waals surface area contributed by atoms with Gasteiger partial charge in [0.25, 0.3) is 5.91 Å². The molecule has 33 heavy (non-hydrogen) atoms. The Morgan fingerprint density at radius 1 is 1.30 bits per heavy atom. The van der Waals surface area contributed by atoms with Crippen molar-refractivity contribution in [2.45, 2.75) is 58.6 Å². The second-order valence-electron chi connectivity index (χ2n) is 10.1. The van der Waals surface area contributed by atoms with Gasteiger partial charge in [0.1, 0.15) is 5.60 Å². The van der Waals surface area contributed by atoms with Crippen LogP contribution in [0.3, 0.4) is 0 Å². The number of anilines is 1. The van der Waals surface area contributed by atoms with Gasteiger partial charge in [0.15, 0.2) is 5.13 Å². The Balaban J connectivity index is 0.00000324. The van der Waals surface area contributed by atoms with E-state index >= 15 is 0 Å². The fourth-order valence-electron chi connectivity index (χ4n) is 4.59. The number of fused-ring (bicyclic) bond motifs is 1. The number of likely N-dealkylation sites (N-methyl/N-ethyl adjacent to an activating group) is 1. The maximum absolute atomic E-state index is 13.0. The van der Waals surface area contributed by atoms with Crippen molar-refractivity contribution in [1.29, 1.82) is 0 Å². The quantitative estimate of drug-likeness (QED) is 0.679. The van der Waals surface area contributed by atoms with Gasteiger partial charge in [-0.1, -0.05) is 25.5 Å². The van der Waals surface area contributed by atoms with Gasteiger partial charge in [0.05, 0.1) is 5.69 Å². The van der Waals surface area contributed by atoms with Crippen LogP contribution in [-0.2, 0) is 17.7 Å². The topological polar surface area (TPSA) is 74.8 Å². The van der Waals surface area contributed by atoms with Crippen molar-refractivity contribution in [1.82, 2.24) is 14.8 Å². The number of thiazole rings is 1. The number of nitrogens with zero attached hydrogens (tertiary/aromatic N) is 3. The van der Waals surface area contributed by atoms with Crippen molar-refractivity contribution >= 4 is 28.5 Å². The molecule has 2 atom stereocenters. The van der Waals surface area contributed by atoms with Gasteiger partial charge in [-0.15, -0.1) is 11.3 Å². The highest BCUT2D eigenvalue weighted by atomic mass is 32.1. The molecule has 180 valence electrons. The molecule has 3 heterocycles. The fraction of sp³-hybridized carbons (Fsp3) is 0.560. The number of carbonyl (C=O) groups excluding carboxylic acids is 2. The molecule has 4 rings (SSSR count). The van der Waals surface area contributed by atoms with E-state index in [4.69, 9.17) is 4.74 Å². The third-order valence-corrected chi connectivity index (χ3v) is 7.33. The predicted octanol–water partition coefficient (Wildman–Crippen LogP) is 4.99. The number of hydrogen-bond acceptors (Lipinski definition) is 6. The molecule has 0 spiro atoms. The van der Waals surface area contributed by atoms with Gasteiger partial charge < -0.3 is 14.5 Å². The lowest BCUT2D eigenvalue weighted by Gasteiger charge is -2.24. The van der Waals surface area contributed by atoms with Crippen LogP contribution < -0.4 is 5.32 Å². The molecule has 8 heteroatoms. The number of likely N-dealkylation sites (tertiary alicyclic amines) is 1. The number of nitrogens with one attached hydrogen (secondary N) is 1. The molecule has 1 aromatic heterocycles. The Bertz CT molecular complexity index is 1040. The molecule has 2 amide bonds. The SMILES string of the molecule is CCC1CN(C(=O)OC(C)(C)C)C[C@@H]1c1cccc(C(=O)Nc2nc3c(s2)CN(C)CC3)c1.[HH]. The summed E-state index contributed by atoms with van der Waals surface area (Å²) in [4.78, 5) is 35.5. The minimum absolute atomic E-state index is 0. The molecular formula is C25H36N4O3S. The minimum Gasteiger partial charge on any atom is -0.444 e. The Morgan fingerprint density at radius 3 is 2.82 bits per heavy atom. The van der Waals surface area contributed by atoms with Crippen LogP contribution >= 0.6 is 11.3 Å². The number of ether oxygens (including phenoxy) is 1. The zero-order chi connectivity index (χ0) is 23.8. The van der Waals surface area contributed by atoms with Gasteiger partial charge >= 0.3 is 6.09 Å². The lowest BCUT2D eigenvalue weighted by atomic mass is 9.86. The number of rotatable bonds is 4. The van der Waals surface area contributed by atoms with Gasteiger partial charge in [0, 0.05) is 50.4 Å². The number of amides is 2. The van der Waals surface area contributed by atoms with E-state index in [-0.39, 0.29) is 19.3 Å². The number of benzene rings is 1. The third kappa shape index (κ3) is 5.55. The first-order chi connectivity index (χ1) is 15.6. The van der Waals surface area contributed by atoms with E-state index in [2.05, 4.69) is 35.2 Å². The molecule has 0 aliphatic carbocycles. The van der Waals surface area contributed by atoms with Gasteiger partial charge in [-0.2, -0.15) is 0 Å². The van der Waals surface area contributed by atoms with Crippen LogP contribution in [0, 0.1) is 5.92 Å². The molecule has 1 unspecified atom stereocenters. The molecule has 2 aromatic rings. The fourth-order valence-corrected chi connectivity index (χ4v) is 5.68. The van der Waals surface area contributed by atoms with Gasteiger partial charge in [-0.25, -0.2) is 9.78 Å². The summed E-state index contributed by atoms with van der Waals surface area (Å²) in [6.07, 6.45) is 1.61. The van der Waals surface area contributed by atoms with Crippen LogP contribution in [0.25, 0.3) is 0 Å². The van der Waals surface area contributed by atoms with Gasteiger partial charge in [-0.3, -0.25) is 10.1 Å². The summed E-state index contributed by atoms with van der Waals surface area (Å²) in [5.41, 5.74) is 2.28. The zero-order valence-corrected chi connectivity index (χ0v) is 21.0. The molecule has 1 N–H and O–H groups in total. The second-order valence-corrected chi connectivity index (χ2v) is 11.2. The standard InChI is InChI=1S/C25H34N4O3S.H2/c1-6-16-13-29(24(31)32-25(2,3)4)14-19(16)17-8-7-9-18(12-17)22(30)27-23-26-20-10-11-28(5)15-21(20)33-23;/h7-9,12,16,19H,6,10-11,13-15H2,1-5H3,(H,26,27,30);1H/t16?,19-;/m0./s1. The highest BCUT2D eigenvalue weighted by Crippen LogP contribution is 2.36. The summed E-state index contributed by atoms with van der Waals surface area (Å²) in [6.45, 7) is 10.9. The van der Waals surface area contributed by atoms with Crippen molar-refractivity contribution < 1.29 is 15.8 Å². The van der Waals surface area contributed by atoms with Gasteiger partial charge in [0.2, 0.25) is 0 Å². The van der Waals surface area contributed by atoms with Crippen LogP contribution in [0.5, 0.6) is 0 Å². The molecular weight excluding hydrogens is 436 g/mol. The van der Waals surface area contributed by atoms with E-state index in [0.717, 1.165) is 37.2 Å². The first kappa shape index (κ1) is 23.7. The van der Waals surface area contributed by atoms with Crippen LogP contribution in [-0.4, -0.2) is 59.1 Å². The van der Waals surface area contributed by atoms with Crippen molar-refractivity contribution in [2.24, 2.45) is 5.92 Å². The summed E-state index contributed by atoms with van der Waals surface area (Å²) in [7, 11) is 2.10. The normalized spacial score (nSPS) is 21.1. The van der Waals surface area contributed by atoms with Crippen LogP contribution in [0.4, 0.5) is 9.93 Å². The highest BCUT2D eigenvalue weighted by Gasteiger charge is 2.37. The lowest BCUT2D eigenvalue weighted by molar-refractivity contribution is 0.0286. The smallest absolute Gasteiger partial charge is 0.410 e. The molecule has 1 aromatic carbocycles. The van der Waals surface area contributed by atoms with Crippen molar-refractivity contribution in [3.05, 3.63) is 46.0 Å². The summed E-state index contributed by atoms with van der Waals surface area (Å²) in [5, 5.41) is 3.65. The number of aromatic nitrogens is 1. The monoisotopic (exact) mass is 472 g/mol. The average molecular weight is 473 g/mol. The first-order valence-corrected chi connectivity index (χ1v) is 12.5. The molecule has 1 saturated heterocycles. The largest absolute Gasteiger partial charge is 0.444 e. The van der Waals surface area contributed by atoms with Crippen LogP contribution in [0.1, 0.15) is 68.0 Å². The lowest BCUT2D eigenvalue weighted by Crippen LogP contribution is -2.35. The molecule has 2 aliphatic heterocycles. The summed E-state index contributed by atoms with van der Waals surface area (Å²) >= 11 is 1.56. The summed E-state index contributed by atoms with van der Waals surface area (Å²) < 4.78 is 5.58. The highest BCUT2D eigenvalue weighted by molar-refractivity contribution is 7.15. The third-order valence-electron chi connectivity index (χ3n) is 6.34. The molecule has 2 aliphatic rings. The van der Waals surface area contributed by atoms with E-state index in [1.807, 2.05) is 39.0 Å². The molecule has 1 fully saturated rings. The molecule has 0 bridgehead atoms. The Hall–Kier alpha value is -2.45. The van der Waals surface area contributed by atoms with Crippen LogP contribution in [0.15, 0.2) is 24.3 Å². The summed E-state index contributed by atoms with van der Waals surface area (Å²) in [6, 6.07) is 7.78. The maximum atomic E-state index is 13.0. The van der Waals surface area contributed by atoms with E-state index < -0.39 is 5.60 Å². The van der Waals surface area contributed by atoms with Crippen molar-refractivity contribution in [3.63, 3.8) is 0 Å². The van der Waals surface area contributed by atoms with Gasteiger partial charge in [-0.05, 0) is 51.4 Å². The number of carbonyl (C=O) groups is 2. The van der Waals surface area contributed by atoms with Crippen LogP contribution in [0.2, 0.25) is 0 Å². The summed E-state index contributed by atoms with van der Waals surface area (Å²) in [5.74, 6) is 0.364. The Kier molecular flexibility index (Phi) is 6.77. The average Bonchev–Trinajstić information content (AvgIpc) is 3.36. The zero-order valence-electron chi connectivity index (χ0n) is 20.2. The minimum atomic E-state index is -0.515. The van der Waals surface area contributed by atoms with E-state index in [9.17, 15) is 9.59 Å². The Labute approximate surface area is 201 Å².